The first-order valence-electron chi connectivity index (χ1n) is 10.1. The van der Waals surface area contributed by atoms with E-state index in [1.165, 1.54) is 31.4 Å². The van der Waals surface area contributed by atoms with Crippen LogP contribution in [0.1, 0.15) is 59.3 Å². The molecule has 0 bridgehead atoms. The summed E-state index contributed by atoms with van der Waals surface area (Å²) in [5.74, 6) is 1.74. The summed E-state index contributed by atoms with van der Waals surface area (Å²) in [7, 11) is 1.72. The fraction of sp³-hybridized carbons (Fsp3) is 0.545. The molecular formula is C22H31N3OS. The fourth-order valence-corrected chi connectivity index (χ4v) is 4.65. The largest absolute Gasteiger partial charge is 0.496 e. The summed E-state index contributed by atoms with van der Waals surface area (Å²) in [4.78, 5) is 5.76. The van der Waals surface area contributed by atoms with Crippen LogP contribution in [0.25, 0.3) is 11.3 Å². The quantitative estimate of drug-likeness (QED) is 0.626. The van der Waals surface area contributed by atoms with E-state index in [1.54, 1.807) is 18.4 Å². The molecule has 5 heteroatoms. The van der Waals surface area contributed by atoms with E-state index >= 15 is 0 Å². The molecule has 1 fully saturated rings. The standard InChI is InChI=1S/C22H31N3OS/c1-5-8-17-11-13-18(14-12-17)24-25-20(15-27-22(25)23-16(2)3)19-9-6-7-10-21(19)26-4/h6-7,9-10,15-17H,5,8,11-14H2,1-4H3. The van der Waals surface area contributed by atoms with Crippen molar-refractivity contribution in [1.29, 1.82) is 0 Å². The Balaban J connectivity index is 2.00. The zero-order valence-corrected chi connectivity index (χ0v) is 17.8. The van der Waals surface area contributed by atoms with Gasteiger partial charge >= 0.3 is 0 Å². The molecule has 4 nitrogen and oxygen atoms in total. The lowest BCUT2D eigenvalue weighted by atomic mass is 9.85. The van der Waals surface area contributed by atoms with E-state index in [0.29, 0.717) is 0 Å². The Labute approximate surface area is 166 Å². The number of nitrogens with zero attached hydrogens (tertiary/aromatic N) is 3. The maximum Gasteiger partial charge on any atom is 0.206 e. The van der Waals surface area contributed by atoms with Gasteiger partial charge in [-0.05, 0) is 57.6 Å². The molecule has 1 aliphatic rings. The smallest absolute Gasteiger partial charge is 0.206 e. The lowest BCUT2D eigenvalue weighted by Gasteiger charge is -2.22. The second kappa shape index (κ2) is 9.36. The SMILES string of the molecule is CCCC1CCC(=Nn2c(-c3ccccc3OC)csc2=NC(C)C)CC1. The van der Waals surface area contributed by atoms with Gasteiger partial charge in [0.25, 0.3) is 0 Å². The maximum atomic E-state index is 5.59. The predicted molar refractivity (Wildman–Crippen MR) is 115 cm³/mol. The molecular weight excluding hydrogens is 354 g/mol. The van der Waals surface area contributed by atoms with E-state index in [1.807, 2.05) is 22.9 Å². The van der Waals surface area contributed by atoms with Crippen LogP contribution < -0.4 is 9.54 Å². The van der Waals surface area contributed by atoms with Gasteiger partial charge in [-0.15, -0.1) is 11.3 Å². The van der Waals surface area contributed by atoms with Crippen LogP contribution in [0.15, 0.2) is 39.7 Å². The molecule has 3 rings (SSSR count). The van der Waals surface area contributed by atoms with Crippen molar-refractivity contribution in [3.05, 3.63) is 34.4 Å². The molecule has 1 aromatic heterocycles. The molecule has 0 radical (unpaired) electrons. The first-order valence-corrected chi connectivity index (χ1v) is 10.9. The van der Waals surface area contributed by atoms with Crippen LogP contribution in [0, 0.1) is 5.92 Å². The van der Waals surface area contributed by atoms with Crippen LogP contribution in [0.2, 0.25) is 0 Å². The van der Waals surface area contributed by atoms with Gasteiger partial charge in [-0.25, -0.2) is 4.68 Å². The van der Waals surface area contributed by atoms with Crippen molar-refractivity contribution >= 4 is 17.0 Å². The van der Waals surface area contributed by atoms with Crippen LogP contribution in [0.3, 0.4) is 0 Å². The number of methoxy groups -OCH3 is 1. The highest BCUT2D eigenvalue weighted by atomic mass is 32.1. The molecule has 27 heavy (non-hydrogen) atoms. The van der Waals surface area contributed by atoms with E-state index in [4.69, 9.17) is 14.8 Å². The minimum Gasteiger partial charge on any atom is -0.496 e. The minimum atomic E-state index is 0.237. The van der Waals surface area contributed by atoms with E-state index in [2.05, 4.69) is 32.2 Å². The normalized spacial score (nSPS) is 18.2. The van der Waals surface area contributed by atoms with Crippen molar-refractivity contribution in [2.75, 3.05) is 7.11 Å². The summed E-state index contributed by atoms with van der Waals surface area (Å²) in [6, 6.07) is 8.37. The highest BCUT2D eigenvalue weighted by Gasteiger charge is 2.18. The molecule has 0 aliphatic heterocycles. The molecule has 1 heterocycles. The van der Waals surface area contributed by atoms with Gasteiger partial charge in [0.1, 0.15) is 5.75 Å². The Bertz CT molecular complexity index is 837. The number of thiazole rings is 1. The number of hydrogen-bond acceptors (Lipinski definition) is 4. The molecule has 0 N–H and O–H groups in total. The lowest BCUT2D eigenvalue weighted by Crippen LogP contribution is -2.20. The van der Waals surface area contributed by atoms with Gasteiger partial charge in [0.2, 0.25) is 4.80 Å². The highest BCUT2D eigenvalue weighted by Crippen LogP contribution is 2.31. The topological polar surface area (TPSA) is 38.9 Å². The zero-order chi connectivity index (χ0) is 19.2. The van der Waals surface area contributed by atoms with Gasteiger partial charge in [-0.1, -0.05) is 31.9 Å². The molecule has 0 saturated heterocycles. The fourth-order valence-electron chi connectivity index (χ4n) is 3.70. The molecule has 0 amide bonds. The average molecular weight is 386 g/mol. The molecule has 0 unspecified atom stereocenters. The van der Waals surface area contributed by atoms with Crippen LogP contribution in [-0.4, -0.2) is 23.5 Å². The second-order valence-electron chi connectivity index (χ2n) is 7.54. The van der Waals surface area contributed by atoms with Crippen LogP contribution >= 0.6 is 11.3 Å². The summed E-state index contributed by atoms with van der Waals surface area (Å²) >= 11 is 1.65. The first-order chi connectivity index (χ1) is 13.1. The zero-order valence-electron chi connectivity index (χ0n) is 16.9. The Kier molecular flexibility index (Phi) is 6.89. The maximum absolute atomic E-state index is 5.59. The Morgan fingerprint density at radius 1 is 1.22 bits per heavy atom. The summed E-state index contributed by atoms with van der Waals surface area (Å²) in [6.45, 7) is 6.50. The average Bonchev–Trinajstić information content (AvgIpc) is 3.05. The summed E-state index contributed by atoms with van der Waals surface area (Å²) < 4.78 is 7.63. The van der Waals surface area contributed by atoms with Crippen molar-refractivity contribution in [3.8, 4) is 17.0 Å². The van der Waals surface area contributed by atoms with Crippen LogP contribution in [-0.2, 0) is 0 Å². The number of hydrogen-bond donors (Lipinski definition) is 0. The summed E-state index contributed by atoms with van der Waals surface area (Å²) in [6.07, 6.45) is 7.35. The third kappa shape index (κ3) is 4.89. The van der Waals surface area contributed by atoms with Crippen molar-refractivity contribution < 1.29 is 4.74 Å². The van der Waals surface area contributed by atoms with E-state index < -0.39 is 0 Å². The Morgan fingerprint density at radius 2 is 1.96 bits per heavy atom. The summed E-state index contributed by atoms with van der Waals surface area (Å²) in [5, 5.41) is 7.22. The number of aromatic nitrogens is 1. The van der Waals surface area contributed by atoms with Gasteiger partial charge < -0.3 is 4.74 Å². The number of benzene rings is 1. The van der Waals surface area contributed by atoms with Gasteiger partial charge in [0, 0.05) is 22.7 Å². The number of rotatable bonds is 6. The van der Waals surface area contributed by atoms with Gasteiger partial charge in [0.15, 0.2) is 0 Å². The number of ether oxygens (including phenoxy) is 1. The van der Waals surface area contributed by atoms with Crippen molar-refractivity contribution in [3.63, 3.8) is 0 Å². The predicted octanol–water partition coefficient (Wildman–Crippen LogP) is 5.73. The van der Waals surface area contributed by atoms with E-state index in [0.717, 1.165) is 40.6 Å². The Hall–Kier alpha value is -1.88. The van der Waals surface area contributed by atoms with Crippen molar-refractivity contribution in [1.82, 2.24) is 4.68 Å². The monoisotopic (exact) mass is 385 g/mol. The molecule has 2 aromatic rings. The molecule has 146 valence electrons. The third-order valence-corrected chi connectivity index (χ3v) is 5.89. The lowest BCUT2D eigenvalue weighted by molar-refractivity contribution is 0.407. The van der Waals surface area contributed by atoms with Gasteiger partial charge in [-0.3, -0.25) is 4.99 Å². The minimum absolute atomic E-state index is 0.237. The molecule has 0 spiro atoms. The number of para-hydroxylation sites is 1. The third-order valence-electron chi connectivity index (χ3n) is 5.06. The molecule has 0 atom stereocenters. The molecule has 1 saturated carbocycles. The molecule has 1 aliphatic carbocycles. The molecule has 1 aromatic carbocycles. The highest BCUT2D eigenvalue weighted by molar-refractivity contribution is 7.07. The van der Waals surface area contributed by atoms with E-state index in [9.17, 15) is 0 Å². The second-order valence-corrected chi connectivity index (χ2v) is 8.37. The van der Waals surface area contributed by atoms with Crippen LogP contribution in [0.5, 0.6) is 5.75 Å². The van der Waals surface area contributed by atoms with Crippen molar-refractivity contribution in [2.45, 2.75) is 65.3 Å². The summed E-state index contributed by atoms with van der Waals surface area (Å²) in [5.41, 5.74) is 3.41. The van der Waals surface area contributed by atoms with Crippen molar-refractivity contribution in [2.24, 2.45) is 16.0 Å². The first kappa shape index (κ1) is 19.9. The van der Waals surface area contributed by atoms with Gasteiger partial charge in [-0.2, -0.15) is 5.10 Å². The Morgan fingerprint density at radius 3 is 2.63 bits per heavy atom. The van der Waals surface area contributed by atoms with E-state index in [-0.39, 0.29) is 6.04 Å². The van der Waals surface area contributed by atoms with Crippen LogP contribution in [0.4, 0.5) is 0 Å². The van der Waals surface area contributed by atoms with Gasteiger partial charge in [0.05, 0.1) is 12.8 Å².